The number of nitrogens with zero attached hydrogens (tertiary/aromatic N) is 1. The van der Waals surface area contributed by atoms with Gasteiger partial charge in [-0.1, -0.05) is 92.3 Å². The van der Waals surface area contributed by atoms with Crippen molar-refractivity contribution < 1.29 is 0 Å². The molecule has 1 atom stereocenters. The third-order valence-corrected chi connectivity index (χ3v) is 9.77. The van der Waals surface area contributed by atoms with Crippen LogP contribution in [0.1, 0.15) is 0 Å². The van der Waals surface area contributed by atoms with E-state index in [1.165, 1.54) is 32.4 Å². The fraction of sp³-hybridized carbons (Fsp3) is 0. The summed E-state index contributed by atoms with van der Waals surface area (Å²) in [6, 6.07) is 25.9. The average molecular weight is 493 g/mol. The van der Waals surface area contributed by atoms with E-state index in [2.05, 4.69) is 106 Å². The van der Waals surface area contributed by atoms with Gasteiger partial charge in [0.1, 0.15) is 0 Å². The molecule has 1 nitrogen and oxygen atoms in total. The zero-order valence-electron chi connectivity index (χ0n) is 15.6. The lowest BCUT2D eigenvalue weighted by molar-refractivity contribution is 1.50. The van der Waals surface area contributed by atoms with Crippen molar-refractivity contribution in [3.63, 3.8) is 0 Å². The SMILES string of the molecule is C=C/C=C(\C=C)P(=C)(c1ccccc1)c1ccc2c(c1)c1ccccc1n2I. The molecular weight excluding hydrogens is 472 g/mol. The molecule has 0 saturated carbocycles. The van der Waals surface area contributed by atoms with E-state index >= 15 is 0 Å². The molecule has 0 amide bonds. The van der Waals surface area contributed by atoms with Crippen molar-refractivity contribution in [2.45, 2.75) is 0 Å². The van der Waals surface area contributed by atoms with Crippen LogP contribution in [0, 0.1) is 0 Å². The van der Waals surface area contributed by atoms with E-state index in [1.807, 2.05) is 24.3 Å². The highest BCUT2D eigenvalue weighted by molar-refractivity contribution is 14.1. The third-order valence-electron chi connectivity index (χ3n) is 5.17. The van der Waals surface area contributed by atoms with Crippen LogP contribution < -0.4 is 10.6 Å². The normalized spacial score (nSPS) is 14.1. The van der Waals surface area contributed by atoms with Crippen LogP contribution in [0.5, 0.6) is 0 Å². The minimum absolute atomic E-state index is 1.13. The molecule has 0 bridgehead atoms. The largest absolute Gasteiger partial charge is 0.282 e. The van der Waals surface area contributed by atoms with Crippen molar-refractivity contribution in [3.05, 3.63) is 109 Å². The summed E-state index contributed by atoms with van der Waals surface area (Å²) in [5, 5.41) is 6.13. The Kier molecular flexibility index (Phi) is 5.18. The van der Waals surface area contributed by atoms with Crippen molar-refractivity contribution in [3.8, 4) is 0 Å². The van der Waals surface area contributed by atoms with Gasteiger partial charge >= 0.3 is 0 Å². The molecule has 4 rings (SSSR count). The number of para-hydroxylation sites is 1. The second-order valence-corrected chi connectivity index (χ2v) is 10.8. The molecule has 0 aliphatic rings. The number of hydrogen-bond acceptors (Lipinski definition) is 0. The van der Waals surface area contributed by atoms with Crippen molar-refractivity contribution in [2.24, 2.45) is 0 Å². The second kappa shape index (κ2) is 7.62. The van der Waals surface area contributed by atoms with Crippen LogP contribution in [0.15, 0.2) is 109 Å². The molecule has 0 spiro atoms. The van der Waals surface area contributed by atoms with Crippen LogP contribution in [0.4, 0.5) is 0 Å². The lowest BCUT2D eigenvalue weighted by Gasteiger charge is -2.27. The predicted octanol–water partition coefficient (Wildman–Crippen LogP) is 6.65. The first kappa shape index (κ1) is 19.0. The number of fused-ring (bicyclic) bond motifs is 3. The maximum Gasteiger partial charge on any atom is 0.0646 e. The first-order chi connectivity index (χ1) is 13.6. The van der Waals surface area contributed by atoms with E-state index in [-0.39, 0.29) is 0 Å². The van der Waals surface area contributed by atoms with Crippen molar-refractivity contribution >= 4 is 68.5 Å². The zero-order valence-corrected chi connectivity index (χ0v) is 18.6. The molecule has 0 saturated heterocycles. The molecule has 0 N–H and O–H groups in total. The van der Waals surface area contributed by atoms with Gasteiger partial charge in [-0.15, -0.1) is 0 Å². The molecule has 138 valence electrons. The monoisotopic (exact) mass is 493 g/mol. The fourth-order valence-corrected chi connectivity index (χ4v) is 7.52. The Hall–Kier alpha value is -2.29. The Morgan fingerprint density at radius 2 is 1.50 bits per heavy atom. The summed E-state index contributed by atoms with van der Waals surface area (Å²) >= 11 is 2.38. The fourth-order valence-electron chi connectivity index (χ4n) is 3.75. The number of aromatic nitrogens is 1. The van der Waals surface area contributed by atoms with Gasteiger partial charge in [-0.25, -0.2) is 0 Å². The maximum atomic E-state index is 4.81. The van der Waals surface area contributed by atoms with E-state index in [0.29, 0.717) is 0 Å². The standard InChI is InChI=1S/C25H21INP/c1-4-11-19(5-2)28(3,20-12-7-6-8-13-20)21-16-17-25-23(18-21)22-14-9-10-15-24(22)27(25)26/h4-18H,1-3H2/b19-11+. The molecule has 0 aliphatic carbocycles. The van der Waals surface area contributed by atoms with Crippen molar-refractivity contribution in [1.82, 2.24) is 2.78 Å². The number of allylic oxidation sites excluding steroid dienone is 4. The highest BCUT2D eigenvalue weighted by atomic mass is 127. The minimum Gasteiger partial charge on any atom is -0.282 e. The Bertz CT molecular complexity index is 1280. The summed E-state index contributed by atoms with van der Waals surface area (Å²) in [6.07, 6.45) is 10.6. The summed E-state index contributed by atoms with van der Waals surface area (Å²) in [5.41, 5.74) is 2.45. The van der Waals surface area contributed by atoms with Gasteiger partial charge in [-0.3, -0.25) is 2.78 Å². The van der Waals surface area contributed by atoms with Crippen LogP contribution in [0.3, 0.4) is 0 Å². The van der Waals surface area contributed by atoms with Crippen molar-refractivity contribution in [2.75, 3.05) is 0 Å². The van der Waals surface area contributed by atoms with Gasteiger partial charge in [0, 0.05) is 10.8 Å². The van der Waals surface area contributed by atoms with E-state index < -0.39 is 6.89 Å². The number of benzene rings is 3. The summed E-state index contributed by atoms with van der Waals surface area (Å²) in [7, 11) is 0. The van der Waals surface area contributed by atoms with Gasteiger partial charge in [-0.05, 0) is 41.0 Å². The average Bonchev–Trinajstić information content (AvgIpc) is 3.04. The Labute approximate surface area is 180 Å². The molecule has 0 aliphatic heterocycles. The molecule has 3 heteroatoms. The maximum absolute atomic E-state index is 4.81. The zero-order chi connectivity index (χ0) is 19.7. The summed E-state index contributed by atoms with van der Waals surface area (Å²) in [5.74, 6) is 0. The topological polar surface area (TPSA) is 4.93 Å². The molecule has 0 radical (unpaired) electrons. The van der Waals surface area contributed by atoms with Crippen LogP contribution in [0.25, 0.3) is 21.8 Å². The lowest BCUT2D eigenvalue weighted by atomic mass is 10.1. The van der Waals surface area contributed by atoms with Crippen LogP contribution in [-0.4, -0.2) is 9.08 Å². The lowest BCUT2D eigenvalue weighted by Crippen LogP contribution is -2.17. The Balaban J connectivity index is 2.07. The van der Waals surface area contributed by atoms with Gasteiger partial charge in [0.2, 0.25) is 0 Å². The number of rotatable bonds is 5. The number of halogens is 1. The molecular formula is C25H21INP. The molecule has 3 aromatic carbocycles. The van der Waals surface area contributed by atoms with Gasteiger partial charge in [0.05, 0.1) is 33.9 Å². The predicted molar refractivity (Wildman–Crippen MR) is 137 cm³/mol. The Morgan fingerprint density at radius 3 is 2.21 bits per heavy atom. The van der Waals surface area contributed by atoms with Crippen molar-refractivity contribution in [1.29, 1.82) is 0 Å². The van der Waals surface area contributed by atoms with Gasteiger partial charge < -0.3 is 0 Å². The van der Waals surface area contributed by atoms with Gasteiger partial charge in [-0.2, -0.15) is 0 Å². The van der Waals surface area contributed by atoms with E-state index in [0.717, 1.165) is 5.31 Å². The van der Waals surface area contributed by atoms with Crippen LogP contribution in [0.2, 0.25) is 0 Å². The minimum atomic E-state index is -2.06. The second-order valence-electron chi connectivity index (χ2n) is 6.68. The molecule has 1 heterocycles. The van der Waals surface area contributed by atoms with Crippen LogP contribution in [-0.2, 0) is 0 Å². The van der Waals surface area contributed by atoms with E-state index in [9.17, 15) is 0 Å². The van der Waals surface area contributed by atoms with Gasteiger partial charge in [0.25, 0.3) is 0 Å². The molecule has 28 heavy (non-hydrogen) atoms. The smallest absolute Gasteiger partial charge is 0.0646 e. The molecule has 4 aromatic rings. The quantitative estimate of drug-likeness (QED) is 0.167. The number of hydrogen-bond donors (Lipinski definition) is 0. The molecule has 0 fully saturated rings. The third kappa shape index (κ3) is 2.92. The van der Waals surface area contributed by atoms with E-state index in [1.54, 1.807) is 0 Å². The van der Waals surface area contributed by atoms with Crippen LogP contribution >= 0.6 is 29.8 Å². The summed E-state index contributed by atoms with van der Waals surface area (Å²) < 4.78 is 2.23. The van der Waals surface area contributed by atoms with E-state index in [4.69, 9.17) is 6.30 Å². The Morgan fingerprint density at radius 1 is 0.821 bits per heavy atom. The highest BCUT2D eigenvalue weighted by Crippen LogP contribution is 2.52. The highest BCUT2D eigenvalue weighted by Gasteiger charge is 2.23. The first-order valence-corrected chi connectivity index (χ1v) is 12.0. The molecule has 1 aromatic heterocycles. The molecule has 1 unspecified atom stereocenters. The van der Waals surface area contributed by atoms with Gasteiger partial charge in [0.15, 0.2) is 0 Å². The summed E-state index contributed by atoms with van der Waals surface area (Å²) in [6.45, 7) is 5.92. The first-order valence-electron chi connectivity index (χ1n) is 9.06. The summed E-state index contributed by atoms with van der Waals surface area (Å²) in [4.78, 5) is 0.